The Morgan fingerprint density at radius 1 is 1.25 bits per heavy atom. The molecule has 0 saturated carbocycles. The summed E-state index contributed by atoms with van der Waals surface area (Å²) < 4.78 is 0. The molecule has 1 aliphatic carbocycles. The molecular formula is C14H21NO. The second kappa shape index (κ2) is 7.04. The van der Waals surface area contributed by atoms with Crippen LogP contribution in [0.5, 0.6) is 0 Å². The SMILES string of the molecule is CCCN(C=C1C=CC(C=O)=CC1)CCC. The van der Waals surface area contributed by atoms with Crippen LogP contribution >= 0.6 is 0 Å². The average molecular weight is 219 g/mol. The van der Waals surface area contributed by atoms with Gasteiger partial charge in [0.1, 0.15) is 6.29 Å². The molecule has 0 fully saturated rings. The first-order chi connectivity index (χ1) is 7.80. The van der Waals surface area contributed by atoms with Gasteiger partial charge in [-0.15, -0.1) is 0 Å². The van der Waals surface area contributed by atoms with Crippen LogP contribution in [0.4, 0.5) is 0 Å². The zero-order valence-corrected chi connectivity index (χ0v) is 10.3. The van der Waals surface area contributed by atoms with Crippen LogP contribution in [0.2, 0.25) is 0 Å². The van der Waals surface area contributed by atoms with E-state index in [1.165, 1.54) is 18.4 Å². The second-order valence-electron chi connectivity index (χ2n) is 4.10. The zero-order chi connectivity index (χ0) is 11.8. The van der Waals surface area contributed by atoms with Crippen LogP contribution in [-0.4, -0.2) is 24.3 Å². The Labute approximate surface area is 98.3 Å². The smallest absolute Gasteiger partial charge is 0.149 e. The van der Waals surface area contributed by atoms with E-state index in [1.54, 1.807) is 0 Å². The third kappa shape index (κ3) is 4.05. The summed E-state index contributed by atoms with van der Waals surface area (Å²) in [5, 5.41) is 0. The lowest BCUT2D eigenvalue weighted by Gasteiger charge is -2.20. The van der Waals surface area contributed by atoms with Crippen molar-refractivity contribution in [2.75, 3.05) is 13.1 Å². The van der Waals surface area contributed by atoms with Gasteiger partial charge in [-0.25, -0.2) is 0 Å². The summed E-state index contributed by atoms with van der Waals surface area (Å²) >= 11 is 0. The molecule has 88 valence electrons. The molecule has 0 unspecified atom stereocenters. The van der Waals surface area contributed by atoms with Crippen LogP contribution in [-0.2, 0) is 4.79 Å². The van der Waals surface area contributed by atoms with Gasteiger partial charge >= 0.3 is 0 Å². The minimum Gasteiger partial charge on any atom is -0.377 e. The van der Waals surface area contributed by atoms with Crippen LogP contribution in [0.3, 0.4) is 0 Å². The first-order valence-electron chi connectivity index (χ1n) is 6.08. The highest BCUT2D eigenvalue weighted by Gasteiger charge is 2.02. The number of carbonyl (C=O) groups excluding carboxylic acids is 1. The van der Waals surface area contributed by atoms with Crippen molar-refractivity contribution in [3.05, 3.63) is 35.6 Å². The standard InChI is InChI=1S/C14H21NO/c1-3-9-15(10-4-2)11-13-5-7-14(12-16)8-6-13/h5,7-8,11-12H,3-4,6,9-10H2,1-2H3. The van der Waals surface area contributed by atoms with Gasteiger partial charge < -0.3 is 4.90 Å². The summed E-state index contributed by atoms with van der Waals surface area (Å²) in [5.41, 5.74) is 2.07. The summed E-state index contributed by atoms with van der Waals surface area (Å²) in [6.45, 7) is 6.61. The molecule has 0 saturated heterocycles. The molecule has 0 N–H and O–H groups in total. The number of allylic oxidation sites excluding steroid dienone is 5. The highest BCUT2D eigenvalue weighted by Crippen LogP contribution is 2.15. The lowest BCUT2D eigenvalue weighted by Crippen LogP contribution is -2.19. The van der Waals surface area contributed by atoms with E-state index in [0.29, 0.717) is 0 Å². The second-order valence-corrected chi connectivity index (χ2v) is 4.10. The molecule has 1 aliphatic rings. The number of rotatable bonds is 6. The van der Waals surface area contributed by atoms with Gasteiger partial charge in [0, 0.05) is 24.9 Å². The maximum atomic E-state index is 10.5. The van der Waals surface area contributed by atoms with Gasteiger partial charge in [-0.1, -0.05) is 32.1 Å². The van der Waals surface area contributed by atoms with Crippen LogP contribution in [0.15, 0.2) is 35.6 Å². The number of aldehydes is 1. The van der Waals surface area contributed by atoms with E-state index in [2.05, 4.69) is 24.9 Å². The van der Waals surface area contributed by atoms with E-state index in [1.807, 2.05) is 18.2 Å². The zero-order valence-electron chi connectivity index (χ0n) is 10.3. The lowest BCUT2D eigenvalue weighted by atomic mass is 10.0. The van der Waals surface area contributed by atoms with Gasteiger partial charge in [0.05, 0.1) is 0 Å². The largest absolute Gasteiger partial charge is 0.377 e. The molecule has 0 aromatic heterocycles. The van der Waals surface area contributed by atoms with Crippen molar-refractivity contribution in [1.82, 2.24) is 4.90 Å². The van der Waals surface area contributed by atoms with E-state index in [4.69, 9.17) is 0 Å². The molecule has 0 heterocycles. The van der Waals surface area contributed by atoms with Crippen molar-refractivity contribution in [2.24, 2.45) is 0 Å². The number of nitrogens with zero attached hydrogens (tertiary/aromatic N) is 1. The van der Waals surface area contributed by atoms with E-state index in [9.17, 15) is 4.79 Å². The quantitative estimate of drug-likeness (QED) is 0.640. The maximum absolute atomic E-state index is 10.5. The summed E-state index contributed by atoms with van der Waals surface area (Å²) in [5.74, 6) is 0. The monoisotopic (exact) mass is 219 g/mol. The summed E-state index contributed by atoms with van der Waals surface area (Å²) in [6, 6.07) is 0. The predicted molar refractivity (Wildman–Crippen MR) is 68.1 cm³/mol. The molecule has 2 heteroatoms. The molecule has 0 aromatic carbocycles. The molecule has 0 amide bonds. The fourth-order valence-corrected chi connectivity index (χ4v) is 1.81. The number of hydrogen-bond donors (Lipinski definition) is 0. The van der Waals surface area contributed by atoms with Crippen LogP contribution in [0, 0.1) is 0 Å². The topological polar surface area (TPSA) is 20.3 Å². The van der Waals surface area contributed by atoms with Gasteiger partial charge in [-0.2, -0.15) is 0 Å². The molecule has 1 rings (SSSR count). The molecule has 2 nitrogen and oxygen atoms in total. The van der Waals surface area contributed by atoms with Gasteiger partial charge in [-0.05, 0) is 24.8 Å². The molecule has 16 heavy (non-hydrogen) atoms. The van der Waals surface area contributed by atoms with Crippen molar-refractivity contribution >= 4 is 6.29 Å². The Hall–Kier alpha value is -1.31. The minimum atomic E-state index is 0.787. The maximum Gasteiger partial charge on any atom is 0.149 e. The normalized spacial score (nSPS) is 17.4. The van der Waals surface area contributed by atoms with Crippen LogP contribution in [0.25, 0.3) is 0 Å². The Morgan fingerprint density at radius 3 is 2.38 bits per heavy atom. The van der Waals surface area contributed by atoms with Gasteiger partial charge in [-0.3, -0.25) is 4.79 Å². The lowest BCUT2D eigenvalue weighted by molar-refractivity contribution is -0.104. The van der Waals surface area contributed by atoms with E-state index in [-0.39, 0.29) is 0 Å². The molecule has 0 spiro atoms. The summed E-state index contributed by atoms with van der Waals surface area (Å²) in [7, 11) is 0. The van der Waals surface area contributed by atoms with E-state index < -0.39 is 0 Å². The Balaban J connectivity index is 2.59. The van der Waals surface area contributed by atoms with Crippen molar-refractivity contribution in [1.29, 1.82) is 0 Å². The van der Waals surface area contributed by atoms with Crippen molar-refractivity contribution in [2.45, 2.75) is 33.1 Å². The Morgan fingerprint density at radius 2 is 1.94 bits per heavy atom. The fourth-order valence-electron chi connectivity index (χ4n) is 1.81. The van der Waals surface area contributed by atoms with Gasteiger partial charge in [0.15, 0.2) is 0 Å². The number of carbonyl (C=O) groups is 1. The minimum absolute atomic E-state index is 0.787. The van der Waals surface area contributed by atoms with Gasteiger partial charge in [0.2, 0.25) is 0 Å². The molecule has 0 aliphatic heterocycles. The summed E-state index contributed by atoms with van der Waals surface area (Å²) in [4.78, 5) is 12.9. The molecule has 0 aromatic rings. The van der Waals surface area contributed by atoms with Crippen molar-refractivity contribution in [3.8, 4) is 0 Å². The van der Waals surface area contributed by atoms with E-state index >= 15 is 0 Å². The average Bonchev–Trinajstić information content (AvgIpc) is 2.31. The first kappa shape index (κ1) is 12.8. The van der Waals surface area contributed by atoms with Crippen LogP contribution < -0.4 is 0 Å². The number of hydrogen-bond acceptors (Lipinski definition) is 2. The van der Waals surface area contributed by atoms with Crippen LogP contribution in [0.1, 0.15) is 33.1 Å². The first-order valence-corrected chi connectivity index (χ1v) is 6.08. The van der Waals surface area contributed by atoms with E-state index in [0.717, 1.165) is 31.4 Å². The van der Waals surface area contributed by atoms with Crippen molar-refractivity contribution < 1.29 is 4.79 Å². The molecule has 0 radical (unpaired) electrons. The highest BCUT2D eigenvalue weighted by atomic mass is 16.1. The molecule has 0 bridgehead atoms. The van der Waals surface area contributed by atoms with Gasteiger partial charge in [0.25, 0.3) is 0 Å². The molecular weight excluding hydrogens is 198 g/mol. The predicted octanol–water partition coefficient (Wildman–Crippen LogP) is 3.08. The Kier molecular flexibility index (Phi) is 5.62. The highest BCUT2D eigenvalue weighted by molar-refractivity contribution is 5.78. The van der Waals surface area contributed by atoms with Crippen molar-refractivity contribution in [3.63, 3.8) is 0 Å². The third-order valence-corrected chi connectivity index (χ3v) is 2.57. The summed E-state index contributed by atoms with van der Waals surface area (Å²) in [6.07, 6.45) is 12.3. The molecule has 0 atom stereocenters. The Bertz CT molecular complexity index is 307. The fraction of sp³-hybridized carbons (Fsp3) is 0.500. The third-order valence-electron chi connectivity index (χ3n) is 2.57.